The Balaban J connectivity index is 2.24. The maximum absolute atomic E-state index is 3.77. The molecule has 1 nitrogen and oxygen atoms in total. The molecule has 0 fully saturated rings. The van der Waals surface area contributed by atoms with Gasteiger partial charge in [-0.1, -0.05) is 61.7 Å². The minimum absolute atomic E-state index is 0.916. The number of hydrogen-bond acceptors (Lipinski definition) is 1. The SMILES string of the molecule is C=C/C=C(\C=C)CCNCc1ccccc1. The van der Waals surface area contributed by atoms with Gasteiger partial charge in [0.1, 0.15) is 0 Å². The van der Waals surface area contributed by atoms with Crippen LogP contribution in [0.3, 0.4) is 0 Å². The maximum atomic E-state index is 3.77. The summed E-state index contributed by atoms with van der Waals surface area (Å²) in [4.78, 5) is 0. The summed E-state index contributed by atoms with van der Waals surface area (Å²) in [6, 6.07) is 10.4. The second-order valence-electron chi connectivity index (χ2n) is 3.59. The normalized spacial score (nSPS) is 11.1. The van der Waals surface area contributed by atoms with E-state index in [-0.39, 0.29) is 0 Å². The smallest absolute Gasteiger partial charge is 0.0205 e. The van der Waals surface area contributed by atoms with Crippen molar-refractivity contribution in [3.8, 4) is 0 Å². The molecular formula is C15H19N. The summed E-state index contributed by atoms with van der Waals surface area (Å²) in [5, 5.41) is 3.40. The van der Waals surface area contributed by atoms with Crippen molar-refractivity contribution in [1.82, 2.24) is 5.32 Å². The van der Waals surface area contributed by atoms with Gasteiger partial charge in [0, 0.05) is 6.54 Å². The molecule has 0 atom stereocenters. The minimum atomic E-state index is 0.916. The average Bonchev–Trinajstić information content (AvgIpc) is 2.34. The number of nitrogens with one attached hydrogen (secondary N) is 1. The van der Waals surface area contributed by atoms with Gasteiger partial charge in [0.05, 0.1) is 0 Å². The third kappa shape index (κ3) is 4.76. The van der Waals surface area contributed by atoms with Crippen LogP contribution in [0.25, 0.3) is 0 Å². The molecule has 0 heterocycles. The molecule has 0 aromatic heterocycles. The van der Waals surface area contributed by atoms with Gasteiger partial charge in [-0.05, 0) is 24.1 Å². The van der Waals surface area contributed by atoms with Gasteiger partial charge in [-0.2, -0.15) is 0 Å². The molecule has 1 rings (SSSR count). The number of allylic oxidation sites excluding steroid dienone is 3. The van der Waals surface area contributed by atoms with Gasteiger partial charge in [0.2, 0.25) is 0 Å². The van der Waals surface area contributed by atoms with Gasteiger partial charge in [0.25, 0.3) is 0 Å². The fourth-order valence-corrected chi connectivity index (χ4v) is 1.47. The zero-order valence-corrected chi connectivity index (χ0v) is 9.65. The largest absolute Gasteiger partial charge is 0.312 e. The average molecular weight is 213 g/mol. The molecule has 0 amide bonds. The Labute approximate surface area is 98.2 Å². The van der Waals surface area contributed by atoms with Crippen LogP contribution < -0.4 is 5.32 Å². The molecule has 0 aliphatic carbocycles. The maximum Gasteiger partial charge on any atom is 0.0205 e. The summed E-state index contributed by atoms with van der Waals surface area (Å²) in [6.07, 6.45) is 6.67. The molecule has 0 aliphatic heterocycles. The summed E-state index contributed by atoms with van der Waals surface area (Å²) in [5.74, 6) is 0. The Hall–Kier alpha value is -1.60. The van der Waals surface area contributed by atoms with Gasteiger partial charge < -0.3 is 5.32 Å². The first kappa shape index (κ1) is 12.5. The molecule has 84 valence electrons. The van der Waals surface area contributed by atoms with Crippen LogP contribution >= 0.6 is 0 Å². The zero-order chi connectivity index (χ0) is 11.6. The molecule has 0 unspecified atom stereocenters. The van der Waals surface area contributed by atoms with E-state index >= 15 is 0 Å². The third-order valence-electron chi connectivity index (χ3n) is 2.36. The first-order valence-electron chi connectivity index (χ1n) is 5.55. The Kier molecular flexibility index (Phi) is 5.97. The molecule has 1 N–H and O–H groups in total. The van der Waals surface area contributed by atoms with Crippen LogP contribution in [0.1, 0.15) is 12.0 Å². The van der Waals surface area contributed by atoms with Gasteiger partial charge in [-0.3, -0.25) is 0 Å². The Morgan fingerprint density at radius 2 is 1.94 bits per heavy atom. The van der Waals surface area contributed by atoms with E-state index in [1.54, 1.807) is 6.08 Å². The Morgan fingerprint density at radius 1 is 1.19 bits per heavy atom. The molecule has 0 saturated heterocycles. The molecule has 16 heavy (non-hydrogen) atoms. The van der Waals surface area contributed by atoms with E-state index in [1.807, 2.05) is 18.2 Å². The first-order chi connectivity index (χ1) is 7.86. The summed E-state index contributed by atoms with van der Waals surface area (Å²) in [5.41, 5.74) is 2.53. The quantitative estimate of drug-likeness (QED) is 0.540. The van der Waals surface area contributed by atoms with Crippen LogP contribution in [0.2, 0.25) is 0 Å². The Morgan fingerprint density at radius 3 is 2.56 bits per heavy atom. The predicted octanol–water partition coefficient (Wildman–Crippen LogP) is 3.46. The zero-order valence-electron chi connectivity index (χ0n) is 9.65. The van der Waals surface area contributed by atoms with E-state index in [1.165, 1.54) is 11.1 Å². The van der Waals surface area contributed by atoms with Crippen molar-refractivity contribution in [3.05, 3.63) is 72.9 Å². The van der Waals surface area contributed by atoms with E-state index in [9.17, 15) is 0 Å². The lowest BCUT2D eigenvalue weighted by atomic mass is 10.1. The number of hydrogen-bond donors (Lipinski definition) is 1. The van der Waals surface area contributed by atoms with Crippen molar-refractivity contribution >= 4 is 0 Å². The summed E-state index contributed by atoms with van der Waals surface area (Å²) < 4.78 is 0. The fourth-order valence-electron chi connectivity index (χ4n) is 1.47. The summed E-state index contributed by atoms with van der Waals surface area (Å²) in [6.45, 7) is 9.33. The van der Waals surface area contributed by atoms with Crippen LogP contribution in [0, 0.1) is 0 Å². The van der Waals surface area contributed by atoms with E-state index < -0.39 is 0 Å². The Bertz CT molecular complexity index is 349. The minimum Gasteiger partial charge on any atom is -0.312 e. The molecular weight excluding hydrogens is 194 g/mol. The fraction of sp³-hybridized carbons (Fsp3) is 0.200. The molecule has 1 aromatic carbocycles. The van der Waals surface area contributed by atoms with E-state index in [4.69, 9.17) is 0 Å². The van der Waals surface area contributed by atoms with Crippen LogP contribution in [-0.4, -0.2) is 6.54 Å². The highest BCUT2D eigenvalue weighted by Crippen LogP contribution is 2.02. The van der Waals surface area contributed by atoms with Crippen molar-refractivity contribution in [2.75, 3.05) is 6.54 Å². The predicted molar refractivity (Wildman–Crippen MR) is 71.2 cm³/mol. The molecule has 1 heteroatoms. The topological polar surface area (TPSA) is 12.0 Å². The van der Waals surface area contributed by atoms with Crippen molar-refractivity contribution in [2.24, 2.45) is 0 Å². The monoisotopic (exact) mass is 213 g/mol. The van der Waals surface area contributed by atoms with E-state index in [0.717, 1.165) is 19.5 Å². The first-order valence-corrected chi connectivity index (χ1v) is 5.55. The second-order valence-corrected chi connectivity index (χ2v) is 3.59. The van der Waals surface area contributed by atoms with E-state index in [2.05, 4.69) is 42.7 Å². The summed E-state index contributed by atoms with van der Waals surface area (Å²) >= 11 is 0. The van der Waals surface area contributed by atoms with Crippen molar-refractivity contribution < 1.29 is 0 Å². The van der Waals surface area contributed by atoms with Gasteiger partial charge in [-0.25, -0.2) is 0 Å². The highest BCUT2D eigenvalue weighted by atomic mass is 14.8. The highest BCUT2D eigenvalue weighted by molar-refractivity contribution is 5.21. The van der Waals surface area contributed by atoms with E-state index in [0.29, 0.717) is 0 Å². The molecule has 0 saturated carbocycles. The molecule has 0 aliphatic rings. The standard InChI is InChI=1S/C15H19N/c1-3-8-14(4-2)11-12-16-13-15-9-6-5-7-10-15/h3-10,16H,1-2,11-13H2/b14-8+. The molecule has 1 aromatic rings. The molecule has 0 bridgehead atoms. The van der Waals surface area contributed by atoms with Crippen molar-refractivity contribution in [1.29, 1.82) is 0 Å². The van der Waals surface area contributed by atoms with Crippen molar-refractivity contribution in [3.63, 3.8) is 0 Å². The number of benzene rings is 1. The third-order valence-corrected chi connectivity index (χ3v) is 2.36. The number of rotatable bonds is 7. The lowest BCUT2D eigenvalue weighted by Crippen LogP contribution is -2.14. The lowest BCUT2D eigenvalue weighted by molar-refractivity contribution is 0.688. The molecule has 0 radical (unpaired) electrons. The van der Waals surface area contributed by atoms with Crippen LogP contribution in [0.15, 0.2) is 67.3 Å². The lowest BCUT2D eigenvalue weighted by Gasteiger charge is -2.05. The van der Waals surface area contributed by atoms with Crippen LogP contribution in [0.4, 0.5) is 0 Å². The van der Waals surface area contributed by atoms with Gasteiger partial charge >= 0.3 is 0 Å². The molecule has 0 spiro atoms. The highest BCUT2D eigenvalue weighted by Gasteiger charge is 1.92. The van der Waals surface area contributed by atoms with Gasteiger partial charge in [-0.15, -0.1) is 0 Å². The van der Waals surface area contributed by atoms with Gasteiger partial charge in [0.15, 0.2) is 0 Å². The summed E-state index contributed by atoms with van der Waals surface area (Å²) in [7, 11) is 0. The second kappa shape index (κ2) is 7.66. The van der Waals surface area contributed by atoms with Crippen molar-refractivity contribution in [2.45, 2.75) is 13.0 Å². The van der Waals surface area contributed by atoms with Crippen LogP contribution in [0.5, 0.6) is 0 Å². The van der Waals surface area contributed by atoms with Crippen LogP contribution in [-0.2, 0) is 6.54 Å².